The Balaban J connectivity index is 3.72. The number of hydrogen-bond acceptors (Lipinski definition) is 1. The van der Waals surface area contributed by atoms with Crippen LogP contribution >= 0.6 is 0 Å². The first-order chi connectivity index (χ1) is 6.26. The first-order valence-electron chi connectivity index (χ1n) is 5.96. The molecule has 0 fully saturated rings. The molecule has 0 aliphatic heterocycles. The smallest absolute Gasteiger partial charge is 0.00920 e. The van der Waals surface area contributed by atoms with Crippen molar-refractivity contribution in [1.82, 2.24) is 4.90 Å². The molecule has 80 valence electrons. The van der Waals surface area contributed by atoms with Gasteiger partial charge in [0.05, 0.1) is 0 Å². The first-order valence-corrected chi connectivity index (χ1v) is 5.96. The van der Waals surface area contributed by atoms with Crippen LogP contribution in [0.2, 0.25) is 0 Å². The number of rotatable bonds is 8. The fraction of sp³-hybridized carbons (Fsp3) is 1.00. The van der Waals surface area contributed by atoms with Crippen molar-refractivity contribution < 1.29 is 0 Å². The molecule has 1 heteroatoms. The maximum absolute atomic E-state index is 2.55. The molecule has 0 radical (unpaired) electrons. The molecule has 0 bridgehead atoms. The van der Waals surface area contributed by atoms with Crippen molar-refractivity contribution in [2.24, 2.45) is 0 Å². The number of nitrogens with zero attached hydrogens (tertiary/aromatic N) is 1. The number of unbranched alkanes of at least 4 members (excludes halogenated alkanes) is 1. The Morgan fingerprint density at radius 1 is 0.923 bits per heavy atom. The van der Waals surface area contributed by atoms with Gasteiger partial charge in [-0.2, -0.15) is 0 Å². The molecule has 0 saturated heterocycles. The van der Waals surface area contributed by atoms with E-state index in [2.05, 4.69) is 32.7 Å². The van der Waals surface area contributed by atoms with Gasteiger partial charge in [-0.25, -0.2) is 0 Å². The largest absolute Gasteiger partial charge is 0.303 e. The van der Waals surface area contributed by atoms with Gasteiger partial charge < -0.3 is 4.90 Å². The predicted octanol–water partition coefficient (Wildman–Crippen LogP) is 3.69. The minimum atomic E-state index is 0.835. The van der Waals surface area contributed by atoms with Gasteiger partial charge in [0, 0.05) is 6.04 Å². The van der Waals surface area contributed by atoms with Gasteiger partial charge in [-0.1, -0.05) is 40.0 Å². The van der Waals surface area contributed by atoms with Gasteiger partial charge in [0.2, 0.25) is 0 Å². The average Bonchev–Trinajstić information content (AvgIpc) is 2.14. The van der Waals surface area contributed by atoms with Gasteiger partial charge in [0.15, 0.2) is 0 Å². The molecule has 0 aromatic heterocycles. The summed E-state index contributed by atoms with van der Waals surface area (Å²) in [5.41, 5.74) is 0. The zero-order valence-electron chi connectivity index (χ0n) is 9.97. The second-order valence-corrected chi connectivity index (χ2v) is 4.07. The molecule has 0 heterocycles. The monoisotopic (exact) mass is 185 g/mol. The Morgan fingerprint density at radius 2 is 1.46 bits per heavy atom. The number of hydrogen-bond donors (Lipinski definition) is 0. The van der Waals surface area contributed by atoms with Crippen molar-refractivity contribution in [3.8, 4) is 0 Å². The molecule has 0 aliphatic carbocycles. The van der Waals surface area contributed by atoms with Crippen LogP contribution in [0.5, 0.6) is 0 Å². The van der Waals surface area contributed by atoms with Gasteiger partial charge in [-0.05, 0) is 32.9 Å². The van der Waals surface area contributed by atoms with Crippen LogP contribution in [0.4, 0.5) is 0 Å². The summed E-state index contributed by atoms with van der Waals surface area (Å²) in [5.74, 6) is 0. The van der Waals surface area contributed by atoms with Crippen LogP contribution in [-0.2, 0) is 0 Å². The molecule has 13 heavy (non-hydrogen) atoms. The van der Waals surface area contributed by atoms with Crippen LogP contribution in [0.25, 0.3) is 0 Å². The van der Waals surface area contributed by atoms with E-state index in [-0.39, 0.29) is 0 Å². The molecule has 0 aliphatic rings. The molecular weight excluding hydrogens is 158 g/mol. The van der Waals surface area contributed by atoms with E-state index < -0.39 is 0 Å². The summed E-state index contributed by atoms with van der Waals surface area (Å²) in [7, 11) is 2.28. The molecule has 0 spiro atoms. The normalized spacial score (nSPS) is 11.5. The molecule has 0 N–H and O–H groups in total. The third-order valence-electron chi connectivity index (χ3n) is 2.73. The lowest BCUT2D eigenvalue weighted by Gasteiger charge is -2.27. The molecule has 0 aromatic carbocycles. The molecule has 0 aromatic rings. The Kier molecular flexibility index (Phi) is 8.53. The summed E-state index contributed by atoms with van der Waals surface area (Å²) in [6.45, 7) is 8.12. The molecule has 0 amide bonds. The second kappa shape index (κ2) is 8.55. The van der Waals surface area contributed by atoms with E-state index in [1.807, 2.05) is 0 Å². The molecule has 1 nitrogen and oxygen atoms in total. The van der Waals surface area contributed by atoms with Crippen LogP contribution in [0, 0.1) is 0 Å². The van der Waals surface area contributed by atoms with Crippen LogP contribution in [0.15, 0.2) is 0 Å². The Bertz CT molecular complexity index is 95.3. The van der Waals surface area contributed by atoms with Crippen molar-refractivity contribution in [2.75, 3.05) is 13.6 Å². The van der Waals surface area contributed by atoms with Crippen molar-refractivity contribution in [2.45, 2.75) is 65.3 Å². The zero-order chi connectivity index (χ0) is 10.1. The van der Waals surface area contributed by atoms with Gasteiger partial charge >= 0.3 is 0 Å². The van der Waals surface area contributed by atoms with Crippen molar-refractivity contribution in [3.05, 3.63) is 0 Å². The molecule has 0 unspecified atom stereocenters. The van der Waals surface area contributed by atoms with E-state index in [9.17, 15) is 0 Å². The fourth-order valence-corrected chi connectivity index (χ4v) is 1.84. The Hall–Kier alpha value is -0.0400. The molecule has 0 rings (SSSR count). The van der Waals surface area contributed by atoms with Crippen LogP contribution in [0.3, 0.4) is 0 Å². The quantitative estimate of drug-likeness (QED) is 0.557. The summed E-state index contributed by atoms with van der Waals surface area (Å²) in [6, 6.07) is 0.835. The summed E-state index contributed by atoms with van der Waals surface area (Å²) in [5, 5.41) is 0. The van der Waals surface area contributed by atoms with Gasteiger partial charge in [0.25, 0.3) is 0 Å². The van der Waals surface area contributed by atoms with Gasteiger partial charge in [0.1, 0.15) is 0 Å². The standard InChI is InChI=1S/C12H27N/c1-5-8-11-13(4)12(9-6-2)10-7-3/h12H,5-11H2,1-4H3. The summed E-state index contributed by atoms with van der Waals surface area (Å²) < 4.78 is 0. The van der Waals surface area contributed by atoms with E-state index in [0.29, 0.717) is 0 Å². The van der Waals surface area contributed by atoms with Gasteiger partial charge in [-0.3, -0.25) is 0 Å². The Labute approximate surface area is 84.5 Å². The minimum absolute atomic E-state index is 0.835. The Morgan fingerprint density at radius 3 is 1.85 bits per heavy atom. The third kappa shape index (κ3) is 6.09. The highest BCUT2D eigenvalue weighted by molar-refractivity contribution is 4.67. The van der Waals surface area contributed by atoms with E-state index >= 15 is 0 Å². The van der Waals surface area contributed by atoms with E-state index in [1.54, 1.807) is 0 Å². The van der Waals surface area contributed by atoms with Crippen LogP contribution in [0.1, 0.15) is 59.3 Å². The highest BCUT2D eigenvalue weighted by atomic mass is 15.1. The first kappa shape index (κ1) is 13.0. The van der Waals surface area contributed by atoms with Crippen molar-refractivity contribution in [3.63, 3.8) is 0 Å². The van der Waals surface area contributed by atoms with Crippen molar-refractivity contribution in [1.29, 1.82) is 0 Å². The lowest BCUT2D eigenvalue weighted by atomic mass is 10.1. The predicted molar refractivity (Wildman–Crippen MR) is 61.1 cm³/mol. The zero-order valence-corrected chi connectivity index (χ0v) is 9.97. The van der Waals surface area contributed by atoms with Crippen LogP contribution < -0.4 is 0 Å². The van der Waals surface area contributed by atoms with E-state index in [0.717, 1.165) is 6.04 Å². The average molecular weight is 185 g/mol. The minimum Gasteiger partial charge on any atom is -0.303 e. The lowest BCUT2D eigenvalue weighted by Crippen LogP contribution is -2.32. The van der Waals surface area contributed by atoms with E-state index in [1.165, 1.54) is 45.1 Å². The summed E-state index contributed by atoms with van der Waals surface area (Å²) >= 11 is 0. The topological polar surface area (TPSA) is 3.24 Å². The van der Waals surface area contributed by atoms with E-state index in [4.69, 9.17) is 0 Å². The van der Waals surface area contributed by atoms with Gasteiger partial charge in [-0.15, -0.1) is 0 Å². The highest BCUT2D eigenvalue weighted by Gasteiger charge is 2.11. The van der Waals surface area contributed by atoms with Crippen molar-refractivity contribution >= 4 is 0 Å². The second-order valence-electron chi connectivity index (χ2n) is 4.07. The van der Waals surface area contributed by atoms with Crippen LogP contribution in [-0.4, -0.2) is 24.5 Å². The summed E-state index contributed by atoms with van der Waals surface area (Å²) in [6.07, 6.45) is 8.04. The highest BCUT2D eigenvalue weighted by Crippen LogP contribution is 2.12. The summed E-state index contributed by atoms with van der Waals surface area (Å²) in [4.78, 5) is 2.55. The maximum Gasteiger partial charge on any atom is 0.00920 e. The maximum atomic E-state index is 2.55. The molecular formula is C12H27N. The SMILES string of the molecule is CCCCN(C)C(CCC)CCC. The fourth-order valence-electron chi connectivity index (χ4n) is 1.84. The third-order valence-corrected chi connectivity index (χ3v) is 2.73. The molecule has 0 saturated carbocycles. The lowest BCUT2D eigenvalue weighted by molar-refractivity contribution is 0.213. The molecule has 0 atom stereocenters.